The minimum Gasteiger partial charge on any atom is -0.261 e. The van der Waals surface area contributed by atoms with Gasteiger partial charge in [-0.2, -0.15) is 5.10 Å². The van der Waals surface area contributed by atoms with Crippen LogP contribution in [0.15, 0.2) is 57.9 Å². The molecule has 3 rings (SSSR count). The number of nitrogens with zero attached hydrogens (tertiary/aromatic N) is 3. The Bertz CT molecular complexity index is 1000. The average molecular weight is 394 g/mol. The number of thiazole rings is 1. The molecule has 2 aromatic carbocycles. The zero-order valence-corrected chi connectivity index (χ0v) is 15.8. The summed E-state index contributed by atoms with van der Waals surface area (Å²) in [5.74, 6) is -0.279. The zero-order chi connectivity index (χ0) is 18.0. The van der Waals surface area contributed by atoms with E-state index < -0.39 is 0 Å². The SMILES string of the molecule is CN=c1scc(-c2ccc(F)cc2)n1/N=C(/C)c1ccc(Cl)cc1Cl. The van der Waals surface area contributed by atoms with Crippen molar-refractivity contribution in [2.75, 3.05) is 7.05 Å². The van der Waals surface area contributed by atoms with Crippen molar-refractivity contribution in [3.05, 3.63) is 74.1 Å². The number of benzene rings is 2. The lowest BCUT2D eigenvalue weighted by Crippen LogP contribution is -2.14. The maximum Gasteiger partial charge on any atom is 0.205 e. The van der Waals surface area contributed by atoms with E-state index in [9.17, 15) is 4.39 Å². The third-order valence-corrected chi connectivity index (χ3v) is 5.04. The van der Waals surface area contributed by atoms with Gasteiger partial charge in [0.1, 0.15) is 5.82 Å². The molecule has 3 nitrogen and oxygen atoms in total. The van der Waals surface area contributed by atoms with E-state index in [1.54, 1.807) is 36.0 Å². The Kier molecular flexibility index (Phi) is 5.37. The first kappa shape index (κ1) is 17.9. The molecule has 7 heteroatoms. The van der Waals surface area contributed by atoms with E-state index in [0.717, 1.165) is 27.3 Å². The van der Waals surface area contributed by atoms with Gasteiger partial charge in [-0.1, -0.05) is 29.3 Å². The van der Waals surface area contributed by atoms with E-state index in [4.69, 9.17) is 23.2 Å². The van der Waals surface area contributed by atoms with Crippen molar-refractivity contribution in [3.63, 3.8) is 0 Å². The summed E-state index contributed by atoms with van der Waals surface area (Å²) in [6, 6.07) is 11.6. The van der Waals surface area contributed by atoms with Gasteiger partial charge in [-0.25, -0.2) is 9.07 Å². The highest BCUT2D eigenvalue weighted by Crippen LogP contribution is 2.23. The fourth-order valence-corrected chi connectivity index (χ4v) is 3.70. The Labute approximate surface area is 158 Å². The highest BCUT2D eigenvalue weighted by molar-refractivity contribution is 7.07. The molecule has 0 saturated heterocycles. The Morgan fingerprint density at radius 2 is 1.84 bits per heavy atom. The summed E-state index contributed by atoms with van der Waals surface area (Å²) in [5, 5.41) is 7.72. The van der Waals surface area contributed by atoms with Crippen molar-refractivity contribution < 1.29 is 4.39 Å². The van der Waals surface area contributed by atoms with E-state index in [1.807, 2.05) is 18.4 Å². The van der Waals surface area contributed by atoms with Gasteiger partial charge in [-0.05, 0) is 43.3 Å². The number of rotatable bonds is 3. The molecule has 0 aliphatic carbocycles. The van der Waals surface area contributed by atoms with E-state index in [1.165, 1.54) is 23.5 Å². The molecule has 0 radical (unpaired) electrons. The molecule has 0 aliphatic rings. The van der Waals surface area contributed by atoms with E-state index in [-0.39, 0.29) is 5.82 Å². The normalized spacial score (nSPS) is 12.7. The number of hydrogen-bond acceptors (Lipinski definition) is 3. The molecule has 1 heterocycles. The fraction of sp³-hybridized carbons (Fsp3) is 0.111. The van der Waals surface area contributed by atoms with Crippen LogP contribution in [0.25, 0.3) is 11.3 Å². The molecule has 0 aliphatic heterocycles. The van der Waals surface area contributed by atoms with Crippen LogP contribution in [0.4, 0.5) is 4.39 Å². The quantitative estimate of drug-likeness (QED) is 0.528. The molecule has 3 aromatic rings. The van der Waals surface area contributed by atoms with Crippen LogP contribution in [0.2, 0.25) is 10.0 Å². The van der Waals surface area contributed by atoms with Crippen molar-refractivity contribution in [3.8, 4) is 11.3 Å². The van der Waals surface area contributed by atoms with Crippen molar-refractivity contribution in [1.82, 2.24) is 4.68 Å². The molecule has 0 amide bonds. The summed E-state index contributed by atoms with van der Waals surface area (Å²) in [6.07, 6.45) is 0. The molecule has 0 unspecified atom stereocenters. The standard InChI is InChI=1S/C18H14Cl2FN3S/c1-11(15-8-5-13(19)9-16(15)20)23-24-17(10-25-18(24)22-2)12-3-6-14(21)7-4-12/h3-10H,1-2H3/b22-18?,23-11-. The predicted molar refractivity (Wildman–Crippen MR) is 103 cm³/mol. The lowest BCUT2D eigenvalue weighted by Gasteiger charge is -2.08. The van der Waals surface area contributed by atoms with Gasteiger partial charge >= 0.3 is 0 Å². The lowest BCUT2D eigenvalue weighted by atomic mass is 10.1. The molecule has 1 aromatic heterocycles. The first-order chi connectivity index (χ1) is 12.0. The first-order valence-electron chi connectivity index (χ1n) is 7.40. The predicted octanol–water partition coefficient (Wildman–Crippen LogP) is 5.47. The van der Waals surface area contributed by atoms with E-state index >= 15 is 0 Å². The average Bonchev–Trinajstić information content (AvgIpc) is 2.98. The minimum absolute atomic E-state index is 0.279. The van der Waals surface area contributed by atoms with Gasteiger partial charge in [-0.15, -0.1) is 11.3 Å². The Hall–Kier alpha value is -1.95. The van der Waals surface area contributed by atoms with Crippen molar-refractivity contribution in [2.45, 2.75) is 6.92 Å². The zero-order valence-electron chi connectivity index (χ0n) is 13.5. The highest BCUT2D eigenvalue weighted by Gasteiger charge is 2.10. The highest BCUT2D eigenvalue weighted by atomic mass is 35.5. The minimum atomic E-state index is -0.279. The van der Waals surface area contributed by atoms with Gasteiger partial charge in [0.2, 0.25) is 4.80 Å². The number of aromatic nitrogens is 1. The number of halogens is 3. The molecular weight excluding hydrogens is 380 g/mol. The molecule has 0 atom stereocenters. The molecule has 25 heavy (non-hydrogen) atoms. The van der Waals surface area contributed by atoms with Gasteiger partial charge < -0.3 is 0 Å². The van der Waals surface area contributed by atoms with Crippen molar-refractivity contribution in [1.29, 1.82) is 0 Å². The first-order valence-corrected chi connectivity index (χ1v) is 9.03. The van der Waals surface area contributed by atoms with Gasteiger partial charge in [0.15, 0.2) is 0 Å². The molecule has 0 saturated carbocycles. The van der Waals surface area contributed by atoms with Crippen LogP contribution < -0.4 is 4.80 Å². The van der Waals surface area contributed by atoms with Crippen molar-refractivity contribution in [2.24, 2.45) is 10.1 Å². The molecule has 0 spiro atoms. The van der Waals surface area contributed by atoms with Gasteiger partial charge in [0.25, 0.3) is 0 Å². The Morgan fingerprint density at radius 1 is 1.12 bits per heavy atom. The van der Waals surface area contributed by atoms with Crippen LogP contribution >= 0.6 is 34.5 Å². The molecule has 0 N–H and O–H groups in total. The second-order valence-electron chi connectivity index (χ2n) is 5.26. The molecular formula is C18H14Cl2FN3S. The van der Waals surface area contributed by atoms with Crippen LogP contribution in [0.5, 0.6) is 0 Å². The monoisotopic (exact) mass is 393 g/mol. The van der Waals surface area contributed by atoms with Gasteiger partial charge in [0, 0.05) is 28.6 Å². The van der Waals surface area contributed by atoms with E-state index in [2.05, 4.69) is 10.1 Å². The second kappa shape index (κ2) is 7.52. The van der Waals surface area contributed by atoms with E-state index in [0.29, 0.717) is 10.0 Å². The summed E-state index contributed by atoms with van der Waals surface area (Å²) in [4.78, 5) is 4.99. The summed E-state index contributed by atoms with van der Waals surface area (Å²) in [7, 11) is 1.71. The molecule has 0 bridgehead atoms. The maximum atomic E-state index is 13.2. The van der Waals surface area contributed by atoms with Crippen LogP contribution in [0, 0.1) is 5.82 Å². The molecule has 128 valence electrons. The largest absolute Gasteiger partial charge is 0.261 e. The maximum absolute atomic E-state index is 13.2. The van der Waals surface area contributed by atoms with Crippen LogP contribution in [-0.2, 0) is 0 Å². The topological polar surface area (TPSA) is 29.6 Å². The molecule has 0 fully saturated rings. The Balaban J connectivity index is 2.13. The van der Waals surface area contributed by atoms with Gasteiger partial charge in [-0.3, -0.25) is 4.99 Å². The third kappa shape index (κ3) is 3.84. The van der Waals surface area contributed by atoms with Crippen LogP contribution in [0.1, 0.15) is 12.5 Å². The van der Waals surface area contributed by atoms with Gasteiger partial charge in [0.05, 0.1) is 16.4 Å². The smallest absolute Gasteiger partial charge is 0.205 e. The lowest BCUT2D eigenvalue weighted by molar-refractivity contribution is 0.628. The fourth-order valence-electron chi connectivity index (χ4n) is 2.35. The number of hydrogen-bond donors (Lipinski definition) is 0. The van der Waals surface area contributed by atoms with Crippen molar-refractivity contribution >= 4 is 40.3 Å². The van der Waals surface area contributed by atoms with Crippen LogP contribution in [-0.4, -0.2) is 17.4 Å². The summed E-state index contributed by atoms with van der Waals surface area (Å²) >= 11 is 13.7. The Morgan fingerprint density at radius 3 is 2.48 bits per heavy atom. The van der Waals surface area contributed by atoms with Crippen LogP contribution in [0.3, 0.4) is 0 Å². The summed E-state index contributed by atoms with van der Waals surface area (Å²) in [5.41, 5.74) is 3.19. The second-order valence-corrected chi connectivity index (χ2v) is 6.94. The third-order valence-electron chi connectivity index (χ3n) is 3.59. The summed E-state index contributed by atoms with van der Waals surface area (Å²) in [6.45, 7) is 1.87. The summed E-state index contributed by atoms with van der Waals surface area (Å²) < 4.78 is 14.9.